The number of carbonyl (C=O) groups is 1. The van der Waals surface area contributed by atoms with Crippen LogP contribution in [0.15, 0.2) is 22.7 Å². The number of rotatable bonds is 2. The molecule has 0 N–H and O–H groups in total. The quantitative estimate of drug-likeness (QED) is 0.850. The lowest BCUT2D eigenvalue weighted by Gasteiger charge is -2.00. The Morgan fingerprint density at radius 3 is 2.84 bits per heavy atom. The van der Waals surface area contributed by atoms with Crippen molar-refractivity contribution in [2.24, 2.45) is 0 Å². The average Bonchev–Trinajstić information content (AvgIpc) is 2.72. The Balaban J connectivity index is 2.43. The standard InChI is InChI=1S/C12H11BrFN3O2/c1-3-19-12(18)17-15-7(2)11(16-17)9-5-4-8(13)6-10(9)14/h4-6H,3H2,1-2H3. The Labute approximate surface area is 117 Å². The van der Waals surface area contributed by atoms with Crippen LogP contribution in [0.5, 0.6) is 0 Å². The van der Waals surface area contributed by atoms with Gasteiger partial charge >= 0.3 is 6.09 Å². The molecular weight excluding hydrogens is 317 g/mol. The fourth-order valence-corrected chi connectivity index (χ4v) is 1.91. The van der Waals surface area contributed by atoms with Crippen LogP contribution in [0.4, 0.5) is 9.18 Å². The molecule has 0 fully saturated rings. The molecule has 19 heavy (non-hydrogen) atoms. The van der Waals surface area contributed by atoms with Gasteiger partial charge in [0, 0.05) is 10.0 Å². The maximum atomic E-state index is 13.9. The molecule has 1 aromatic carbocycles. The molecular formula is C12H11BrFN3O2. The summed E-state index contributed by atoms with van der Waals surface area (Å²) in [4.78, 5) is 12.3. The van der Waals surface area contributed by atoms with E-state index < -0.39 is 11.9 Å². The number of benzene rings is 1. The molecule has 0 saturated carbocycles. The first-order valence-electron chi connectivity index (χ1n) is 5.59. The van der Waals surface area contributed by atoms with Gasteiger partial charge in [-0.1, -0.05) is 20.7 Å². The van der Waals surface area contributed by atoms with Crippen molar-refractivity contribution < 1.29 is 13.9 Å². The van der Waals surface area contributed by atoms with Crippen molar-refractivity contribution >= 4 is 22.0 Å². The van der Waals surface area contributed by atoms with Crippen LogP contribution in [0.1, 0.15) is 12.6 Å². The van der Waals surface area contributed by atoms with Gasteiger partial charge < -0.3 is 4.74 Å². The third-order valence-corrected chi connectivity index (χ3v) is 2.89. The lowest BCUT2D eigenvalue weighted by molar-refractivity contribution is 0.146. The van der Waals surface area contributed by atoms with E-state index in [4.69, 9.17) is 4.74 Å². The van der Waals surface area contributed by atoms with Crippen LogP contribution in [-0.4, -0.2) is 27.7 Å². The predicted octanol–water partition coefficient (Wildman–Crippen LogP) is 3.16. The third kappa shape index (κ3) is 2.81. The van der Waals surface area contributed by atoms with Crippen LogP contribution in [0.25, 0.3) is 11.3 Å². The minimum absolute atomic E-state index is 0.224. The molecule has 100 valence electrons. The Bertz CT molecular complexity index is 627. The van der Waals surface area contributed by atoms with Crippen LogP contribution in [0.2, 0.25) is 0 Å². The molecule has 0 amide bonds. The van der Waals surface area contributed by atoms with Gasteiger partial charge in [0.15, 0.2) is 0 Å². The minimum atomic E-state index is -0.686. The van der Waals surface area contributed by atoms with Gasteiger partial charge in [-0.3, -0.25) is 0 Å². The predicted molar refractivity (Wildman–Crippen MR) is 70.3 cm³/mol. The number of ether oxygens (including phenoxy) is 1. The fraction of sp³-hybridized carbons (Fsp3) is 0.250. The lowest BCUT2D eigenvalue weighted by atomic mass is 10.1. The van der Waals surface area contributed by atoms with E-state index in [9.17, 15) is 9.18 Å². The second-order valence-corrected chi connectivity index (χ2v) is 4.66. The number of hydrogen-bond acceptors (Lipinski definition) is 4. The van der Waals surface area contributed by atoms with Crippen molar-refractivity contribution in [1.82, 2.24) is 15.0 Å². The van der Waals surface area contributed by atoms with Gasteiger partial charge in [0.25, 0.3) is 0 Å². The molecule has 1 heterocycles. The molecule has 2 rings (SSSR count). The van der Waals surface area contributed by atoms with Crippen LogP contribution >= 0.6 is 15.9 Å². The molecule has 0 saturated heterocycles. The van der Waals surface area contributed by atoms with Gasteiger partial charge in [-0.25, -0.2) is 9.18 Å². The van der Waals surface area contributed by atoms with E-state index in [0.29, 0.717) is 15.9 Å². The summed E-state index contributed by atoms with van der Waals surface area (Å²) in [7, 11) is 0. The largest absolute Gasteiger partial charge is 0.452 e. The van der Waals surface area contributed by atoms with Crippen molar-refractivity contribution in [3.05, 3.63) is 34.2 Å². The molecule has 0 aliphatic heterocycles. The first-order chi connectivity index (χ1) is 9.02. The maximum Gasteiger partial charge on any atom is 0.452 e. The van der Waals surface area contributed by atoms with Gasteiger partial charge in [-0.2, -0.15) is 0 Å². The molecule has 0 aliphatic rings. The number of hydrogen-bond donors (Lipinski definition) is 0. The van der Waals surface area contributed by atoms with Crippen molar-refractivity contribution in [1.29, 1.82) is 0 Å². The number of halogens is 2. The second-order valence-electron chi connectivity index (χ2n) is 3.75. The van der Waals surface area contributed by atoms with Crippen molar-refractivity contribution in [2.75, 3.05) is 6.61 Å². The molecule has 7 heteroatoms. The van der Waals surface area contributed by atoms with Crippen LogP contribution in [-0.2, 0) is 4.74 Å². The van der Waals surface area contributed by atoms with Gasteiger partial charge in [0.05, 0.1) is 12.3 Å². The van der Waals surface area contributed by atoms with Gasteiger partial charge in [0.2, 0.25) is 0 Å². The summed E-state index contributed by atoms with van der Waals surface area (Å²) < 4.78 is 19.3. The highest BCUT2D eigenvalue weighted by Crippen LogP contribution is 2.25. The third-order valence-electron chi connectivity index (χ3n) is 2.40. The highest BCUT2D eigenvalue weighted by Gasteiger charge is 2.17. The topological polar surface area (TPSA) is 57.0 Å². The highest BCUT2D eigenvalue weighted by atomic mass is 79.9. The zero-order chi connectivity index (χ0) is 14.0. The molecule has 1 aromatic heterocycles. The molecule has 5 nitrogen and oxygen atoms in total. The van der Waals surface area contributed by atoms with E-state index >= 15 is 0 Å². The first-order valence-corrected chi connectivity index (χ1v) is 6.38. The summed E-state index contributed by atoms with van der Waals surface area (Å²) >= 11 is 3.18. The first kappa shape index (κ1) is 13.7. The van der Waals surface area contributed by atoms with Gasteiger partial charge in [0.1, 0.15) is 11.5 Å². The zero-order valence-corrected chi connectivity index (χ0v) is 11.9. The van der Waals surface area contributed by atoms with Gasteiger partial charge in [-0.05, 0) is 32.0 Å². The monoisotopic (exact) mass is 327 g/mol. The Hall–Kier alpha value is -1.76. The van der Waals surface area contributed by atoms with E-state index in [0.717, 1.165) is 4.80 Å². The van der Waals surface area contributed by atoms with Crippen LogP contribution in [0, 0.1) is 12.7 Å². The normalized spacial score (nSPS) is 10.5. The lowest BCUT2D eigenvalue weighted by Crippen LogP contribution is -2.16. The maximum absolute atomic E-state index is 13.9. The second kappa shape index (κ2) is 5.48. The summed E-state index contributed by atoms with van der Waals surface area (Å²) in [5.74, 6) is -0.437. The zero-order valence-electron chi connectivity index (χ0n) is 10.4. The van der Waals surface area contributed by atoms with E-state index in [1.807, 2.05) is 0 Å². The van der Waals surface area contributed by atoms with Crippen LogP contribution < -0.4 is 0 Å². The number of carbonyl (C=O) groups excluding carboxylic acids is 1. The molecule has 0 spiro atoms. The summed E-state index contributed by atoms with van der Waals surface area (Å²) in [5, 5.41) is 7.89. The summed E-state index contributed by atoms with van der Waals surface area (Å²) in [6, 6.07) is 4.60. The van der Waals surface area contributed by atoms with Gasteiger partial charge in [-0.15, -0.1) is 10.2 Å². The van der Waals surface area contributed by atoms with Crippen molar-refractivity contribution in [3.63, 3.8) is 0 Å². The summed E-state index contributed by atoms with van der Waals surface area (Å²) in [6.45, 7) is 3.56. The average molecular weight is 328 g/mol. The number of aromatic nitrogens is 3. The van der Waals surface area contributed by atoms with Crippen molar-refractivity contribution in [3.8, 4) is 11.3 Å². The Morgan fingerprint density at radius 2 is 2.21 bits per heavy atom. The molecule has 0 aliphatic carbocycles. The van der Waals surface area contributed by atoms with E-state index in [1.165, 1.54) is 6.07 Å². The Morgan fingerprint density at radius 1 is 1.47 bits per heavy atom. The molecule has 0 radical (unpaired) electrons. The molecule has 2 aromatic rings. The minimum Gasteiger partial charge on any atom is -0.447 e. The molecule has 0 bridgehead atoms. The van der Waals surface area contributed by atoms with Crippen molar-refractivity contribution in [2.45, 2.75) is 13.8 Å². The highest BCUT2D eigenvalue weighted by molar-refractivity contribution is 9.10. The number of nitrogens with zero attached hydrogens (tertiary/aromatic N) is 3. The SMILES string of the molecule is CCOC(=O)n1nc(C)c(-c2ccc(Br)cc2F)n1. The fourth-order valence-electron chi connectivity index (χ4n) is 1.57. The van der Waals surface area contributed by atoms with E-state index in [-0.39, 0.29) is 12.2 Å². The molecule has 0 atom stereocenters. The Kier molecular flexibility index (Phi) is 3.94. The van der Waals surface area contributed by atoms with E-state index in [1.54, 1.807) is 26.0 Å². The molecule has 0 unspecified atom stereocenters. The smallest absolute Gasteiger partial charge is 0.447 e. The van der Waals surface area contributed by atoms with Crippen LogP contribution in [0.3, 0.4) is 0 Å². The summed E-state index contributed by atoms with van der Waals surface area (Å²) in [6.07, 6.45) is -0.686. The number of aryl methyl sites for hydroxylation is 1. The van der Waals surface area contributed by atoms with E-state index in [2.05, 4.69) is 26.1 Å². The summed E-state index contributed by atoms with van der Waals surface area (Å²) in [5.41, 5.74) is 1.06.